The normalized spacial score (nSPS) is 15.0. The van der Waals surface area contributed by atoms with Crippen LogP contribution in [0.5, 0.6) is 5.88 Å². The lowest BCUT2D eigenvalue weighted by molar-refractivity contribution is -0.385. The minimum Gasteiger partial charge on any atom is -0.469 e. The third-order valence-electron chi connectivity index (χ3n) is 3.99. The minimum absolute atomic E-state index is 0.0232. The van der Waals surface area contributed by atoms with Crippen LogP contribution in [0.2, 0.25) is 10.0 Å². The van der Waals surface area contributed by atoms with Gasteiger partial charge in [-0.2, -0.15) is 4.98 Å². The molecule has 1 aliphatic rings. The van der Waals surface area contributed by atoms with Crippen LogP contribution in [0.1, 0.15) is 32.1 Å². The fraction of sp³-hybridized carbons (Fsp3) is 0.375. The number of aromatic nitrogens is 2. The maximum atomic E-state index is 11.6. The van der Waals surface area contributed by atoms with Gasteiger partial charge in [0, 0.05) is 5.02 Å². The van der Waals surface area contributed by atoms with E-state index in [1.807, 2.05) is 0 Å². The second-order valence-corrected chi connectivity index (χ2v) is 6.60. The molecule has 25 heavy (non-hydrogen) atoms. The van der Waals surface area contributed by atoms with Gasteiger partial charge in [-0.05, 0) is 43.9 Å². The Balaban J connectivity index is 1.90. The summed E-state index contributed by atoms with van der Waals surface area (Å²) in [6.07, 6.45) is 6.17. The quantitative estimate of drug-likeness (QED) is 0.568. The van der Waals surface area contributed by atoms with Crippen molar-refractivity contribution in [2.24, 2.45) is 0 Å². The number of benzene rings is 1. The number of anilines is 2. The molecule has 3 rings (SSSR count). The SMILES string of the molecule is O=[N+]([O-])c1c(Nc2ccc(Cl)cc2Cl)ncnc1OC1CCCCC1. The Morgan fingerprint density at radius 3 is 2.64 bits per heavy atom. The van der Waals surface area contributed by atoms with Gasteiger partial charge in [-0.15, -0.1) is 0 Å². The van der Waals surface area contributed by atoms with Gasteiger partial charge in [0.15, 0.2) is 0 Å². The summed E-state index contributed by atoms with van der Waals surface area (Å²) in [5.41, 5.74) is 0.149. The van der Waals surface area contributed by atoms with Gasteiger partial charge < -0.3 is 10.1 Å². The first kappa shape index (κ1) is 17.7. The summed E-state index contributed by atoms with van der Waals surface area (Å²) in [7, 11) is 0. The number of rotatable bonds is 5. The van der Waals surface area contributed by atoms with Crippen LogP contribution < -0.4 is 10.1 Å². The predicted molar refractivity (Wildman–Crippen MR) is 95.9 cm³/mol. The number of nitrogens with zero attached hydrogens (tertiary/aromatic N) is 3. The Hall–Kier alpha value is -2.12. The molecule has 0 saturated heterocycles. The van der Waals surface area contributed by atoms with E-state index in [1.54, 1.807) is 12.1 Å². The Morgan fingerprint density at radius 2 is 1.96 bits per heavy atom. The summed E-state index contributed by atoms with van der Waals surface area (Å²) in [5.74, 6) is -0.00508. The van der Waals surface area contributed by atoms with Gasteiger partial charge >= 0.3 is 5.69 Å². The standard InChI is InChI=1S/C16H16Cl2N4O3/c17-10-6-7-13(12(18)8-10)21-15-14(22(23)24)16(20-9-19-15)25-11-4-2-1-3-5-11/h6-9,11H,1-5H2,(H,19,20,21). The van der Waals surface area contributed by atoms with Gasteiger partial charge in [-0.3, -0.25) is 10.1 Å². The molecule has 1 aromatic carbocycles. The number of hydrogen-bond donors (Lipinski definition) is 1. The molecule has 0 amide bonds. The van der Waals surface area contributed by atoms with E-state index in [0.717, 1.165) is 32.1 Å². The highest BCUT2D eigenvalue weighted by Gasteiger charge is 2.27. The van der Waals surface area contributed by atoms with E-state index in [0.29, 0.717) is 15.7 Å². The number of nitrogens with one attached hydrogen (secondary N) is 1. The van der Waals surface area contributed by atoms with E-state index in [2.05, 4.69) is 15.3 Å². The molecule has 1 heterocycles. The first-order chi connectivity index (χ1) is 12.0. The van der Waals surface area contributed by atoms with Crippen molar-refractivity contribution in [3.05, 3.63) is 44.7 Å². The largest absolute Gasteiger partial charge is 0.469 e. The van der Waals surface area contributed by atoms with E-state index < -0.39 is 4.92 Å². The Morgan fingerprint density at radius 1 is 1.20 bits per heavy atom. The molecule has 0 spiro atoms. The van der Waals surface area contributed by atoms with E-state index in [1.165, 1.54) is 12.4 Å². The van der Waals surface area contributed by atoms with Crippen molar-refractivity contribution in [2.75, 3.05) is 5.32 Å². The summed E-state index contributed by atoms with van der Waals surface area (Å²) in [6.45, 7) is 0. The number of halogens is 2. The van der Waals surface area contributed by atoms with Gasteiger partial charge in [0.1, 0.15) is 12.4 Å². The van der Waals surface area contributed by atoms with Crippen molar-refractivity contribution in [1.29, 1.82) is 0 Å². The van der Waals surface area contributed by atoms with E-state index in [-0.39, 0.29) is 23.5 Å². The minimum atomic E-state index is -0.551. The third kappa shape index (κ3) is 4.29. The molecule has 0 atom stereocenters. The van der Waals surface area contributed by atoms with Crippen molar-refractivity contribution in [2.45, 2.75) is 38.2 Å². The predicted octanol–water partition coefficient (Wildman–Crippen LogP) is 5.15. The number of ether oxygens (including phenoxy) is 1. The molecule has 132 valence electrons. The van der Waals surface area contributed by atoms with Crippen LogP contribution in [0.3, 0.4) is 0 Å². The molecule has 1 aliphatic carbocycles. The fourth-order valence-corrected chi connectivity index (χ4v) is 3.22. The molecule has 7 nitrogen and oxygen atoms in total. The lowest BCUT2D eigenvalue weighted by atomic mass is 9.98. The average Bonchev–Trinajstić information content (AvgIpc) is 2.58. The van der Waals surface area contributed by atoms with Gasteiger partial charge in [-0.1, -0.05) is 29.6 Å². The average molecular weight is 383 g/mol. The fourth-order valence-electron chi connectivity index (χ4n) is 2.76. The van der Waals surface area contributed by atoms with Crippen molar-refractivity contribution < 1.29 is 9.66 Å². The molecule has 1 aromatic heterocycles. The Kier molecular flexibility index (Phi) is 5.55. The second-order valence-electron chi connectivity index (χ2n) is 5.76. The molecule has 1 N–H and O–H groups in total. The number of hydrogen-bond acceptors (Lipinski definition) is 6. The number of nitro groups is 1. The van der Waals surface area contributed by atoms with Gasteiger partial charge in [-0.25, -0.2) is 4.98 Å². The first-order valence-electron chi connectivity index (χ1n) is 7.92. The molecule has 0 aliphatic heterocycles. The van der Waals surface area contributed by atoms with Gasteiger partial charge in [0.05, 0.1) is 15.6 Å². The zero-order valence-corrected chi connectivity index (χ0v) is 14.8. The zero-order chi connectivity index (χ0) is 17.8. The smallest absolute Gasteiger partial charge is 0.373 e. The van der Waals surface area contributed by atoms with Crippen LogP contribution in [-0.4, -0.2) is 21.0 Å². The maximum absolute atomic E-state index is 11.6. The molecular formula is C16H16Cl2N4O3. The van der Waals surface area contributed by atoms with E-state index >= 15 is 0 Å². The summed E-state index contributed by atoms with van der Waals surface area (Å²) < 4.78 is 5.79. The van der Waals surface area contributed by atoms with Crippen LogP contribution in [0.25, 0.3) is 0 Å². The van der Waals surface area contributed by atoms with E-state index in [4.69, 9.17) is 27.9 Å². The van der Waals surface area contributed by atoms with Crippen LogP contribution >= 0.6 is 23.2 Å². The first-order valence-corrected chi connectivity index (χ1v) is 8.68. The van der Waals surface area contributed by atoms with Gasteiger partial charge in [0.2, 0.25) is 5.82 Å². The molecule has 9 heteroatoms. The maximum Gasteiger partial charge on any atom is 0.373 e. The molecule has 0 bridgehead atoms. The second kappa shape index (κ2) is 7.84. The summed E-state index contributed by atoms with van der Waals surface area (Å²) in [4.78, 5) is 19.0. The van der Waals surface area contributed by atoms with E-state index in [9.17, 15) is 10.1 Å². The summed E-state index contributed by atoms with van der Waals surface area (Å²) >= 11 is 12.0. The monoisotopic (exact) mass is 382 g/mol. The third-order valence-corrected chi connectivity index (χ3v) is 4.53. The van der Waals surface area contributed by atoms with Crippen LogP contribution in [0.4, 0.5) is 17.2 Å². The van der Waals surface area contributed by atoms with Crippen molar-refractivity contribution >= 4 is 40.4 Å². The molecule has 1 saturated carbocycles. The van der Waals surface area contributed by atoms with Gasteiger partial charge in [0.25, 0.3) is 5.88 Å². The molecule has 2 aromatic rings. The Labute approximate surface area is 154 Å². The lowest BCUT2D eigenvalue weighted by Gasteiger charge is -2.22. The summed E-state index contributed by atoms with van der Waals surface area (Å²) in [6, 6.07) is 4.79. The molecule has 0 unspecified atom stereocenters. The zero-order valence-electron chi connectivity index (χ0n) is 13.2. The van der Waals surface area contributed by atoms with Crippen LogP contribution in [0, 0.1) is 10.1 Å². The lowest BCUT2D eigenvalue weighted by Crippen LogP contribution is -2.21. The van der Waals surface area contributed by atoms with Crippen molar-refractivity contribution in [3.63, 3.8) is 0 Å². The topological polar surface area (TPSA) is 90.2 Å². The molecule has 1 fully saturated rings. The molecular weight excluding hydrogens is 367 g/mol. The van der Waals surface area contributed by atoms with Crippen LogP contribution in [-0.2, 0) is 0 Å². The highest BCUT2D eigenvalue weighted by Crippen LogP contribution is 2.36. The van der Waals surface area contributed by atoms with Crippen molar-refractivity contribution in [3.8, 4) is 5.88 Å². The highest BCUT2D eigenvalue weighted by molar-refractivity contribution is 6.36. The Bertz CT molecular complexity index is 782. The van der Waals surface area contributed by atoms with Crippen LogP contribution in [0.15, 0.2) is 24.5 Å². The van der Waals surface area contributed by atoms with Crippen molar-refractivity contribution in [1.82, 2.24) is 9.97 Å². The highest BCUT2D eigenvalue weighted by atomic mass is 35.5. The summed E-state index contributed by atoms with van der Waals surface area (Å²) in [5, 5.41) is 15.2. The molecule has 0 radical (unpaired) electrons.